The third-order valence-electron chi connectivity index (χ3n) is 6.42. The van der Waals surface area contributed by atoms with Crippen molar-refractivity contribution < 1.29 is 19.1 Å². The van der Waals surface area contributed by atoms with Crippen LogP contribution in [0.4, 0.5) is 21.1 Å². The number of alkyl carbamates (subject to hydrolysis) is 1. The van der Waals surface area contributed by atoms with Crippen molar-refractivity contribution in [3.63, 3.8) is 0 Å². The molecule has 2 N–H and O–H groups in total. The minimum Gasteiger partial charge on any atom is -0.447 e. The lowest BCUT2D eigenvalue weighted by Crippen LogP contribution is -2.54. The van der Waals surface area contributed by atoms with Gasteiger partial charge in [0.2, 0.25) is 0 Å². The van der Waals surface area contributed by atoms with E-state index in [0.717, 1.165) is 54.1 Å². The second-order valence-corrected chi connectivity index (χ2v) is 9.99. The molecule has 37 heavy (non-hydrogen) atoms. The number of hydrogen-bond donors (Lipinski definition) is 2. The van der Waals surface area contributed by atoms with Crippen LogP contribution in [0.2, 0.25) is 0 Å². The van der Waals surface area contributed by atoms with Gasteiger partial charge in [-0.3, -0.25) is 0 Å². The zero-order valence-corrected chi connectivity index (χ0v) is 22.2. The average molecular weight is 510 g/mol. The van der Waals surface area contributed by atoms with Crippen molar-refractivity contribution >= 4 is 29.2 Å². The Labute approximate surface area is 216 Å². The number of fused-ring (bicyclic) bond motifs is 1. The number of pyridine rings is 2. The number of piperidine rings is 1. The highest BCUT2D eigenvalue weighted by atomic mass is 16.6. The van der Waals surface area contributed by atoms with Gasteiger partial charge < -0.3 is 29.9 Å². The number of aromatic nitrogens is 3. The number of rotatable bonds is 6. The molecule has 1 aliphatic rings. The van der Waals surface area contributed by atoms with E-state index in [4.69, 9.17) is 14.5 Å². The van der Waals surface area contributed by atoms with Crippen LogP contribution >= 0.6 is 0 Å². The Kier molecular flexibility index (Phi) is 7.42. The lowest BCUT2D eigenvalue weighted by atomic mass is 9.90. The fourth-order valence-corrected chi connectivity index (χ4v) is 4.32. The van der Waals surface area contributed by atoms with Crippen LogP contribution in [-0.2, 0) is 4.74 Å². The van der Waals surface area contributed by atoms with E-state index in [2.05, 4.69) is 27.6 Å². The first-order valence-corrected chi connectivity index (χ1v) is 12.4. The molecule has 1 fully saturated rings. The number of carbonyl (C=O) groups excluding carboxylic acids is 2. The van der Waals surface area contributed by atoms with Gasteiger partial charge in [-0.1, -0.05) is 0 Å². The Morgan fingerprint density at radius 1 is 1.16 bits per heavy atom. The van der Waals surface area contributed by atoms with E-state index >= 15 is 0 Å². The van der Waals surface area contributed by atoms with Crippen molar-refractivity contribution in [1.29, 1.82) is 0 Å². The van der Waals surface area contributed by atoms with Crippen LogP contribution in [0.15, 0.2) is 36.8 Å². The van der Waals surface area contributed by atoms with E-state index in [1.807, 2.05) is 45.3 Å². The summed E-state index contributed by atoms with van der Waals surface area (Å²) in [6, 6.07) is 5.82. The van der Waals surface area contributed by atoms with E-state index in [-0.39, 0.29) is 17.7 Å². The summed E-state index contributed by atoms with van der Waals surface area (Å²) in [5.74, 6) is 1.25. The van der Waals surface area contributed by atoms with Crippen LogP contribution in [0.25, 0.3) is 16.6 Å². The van der Waals surface area contributed by atoms with Crippen molar-refractivity contribution in [3.8, 4) is 16.9 Å². The van der Waals surface area contributed by atoms with E-state index in [0.29, 0.717) is 5.75 Å². The third-order valence-corrected chi connectivity index (χ3v) is 6.42. The van der Waals surface area contributed by atoms with Crippen molar-refractivity contribution in [2.45, 2.75) is 45.3 Å². The van der Waals surface area contributed by atoms with Crippen LogP contribution in [0.1, 0.15) is 33.6 Å². The molecule has 3 aromatic heterocycles. The van der Waals surface area contributed by atoms with Gasteiger partial charge in [0, 0.05) is 57.1 Å². The van der Waals surface area contributed by atoms with Gasteiger partial charge in [0.1, 0.15) is 5.82 Å². The molecule has 0 radical (unpaired) electrons. The lowest BCUT2D eigenvalue weighted by molar-refractivity contribution is 0.102. The molecule has 4 rings (SSSR count). The summed E-state index contributed by atoms with van der Waals surface area (Å²) < 4.78 is 12.5. The van der Waals surface area contributed by atoms with Gasteiger partial charge in [0.15, 0.2) is 5.75 Å². The normalized spacial score (nSPS) is 14.9. The van der Waals surface area contributed by atoms with E-state index in [1.54, 1.807) is 31.0 Å². The van der Waals surface area contributed by atoms with E-state index in [9.17, 15) is 9.59 Å². The molecule has 4 heterocycles. The standard InChI is InChI=1S/C26H35N7O4/c1-17(2)36-24(34)30-26(3)9-11-32(12-10-26)22-8-7-18(14-28-22)20-13-19(37-25(35)31(5)6)16-33-23(20)21(27-4)15-29-33/h7-8,13-17,27H,9-12H2,1-6H3,(H,30,34). The molecular weight excluding hydrogens is 474 g/mol. The van der Waals surface area contributed by atoms with Crippen molar-refractivity contribution in [2.24, 2.45) is 0 Å². The summed E-state index contributed by atoms with van der Waals surface area (Å²) in [7, 11) is 5.10. The predicted molar refractivity (Wildman–Crippen MR) is 142 cm³/mol. The molecule has 0 unspecified atom stereocenters. The molecule has 0 aliphatic carbocycles. The summed E-state index contributed by atoms with van der Waals surface area (Å²) in [6.45, 7) is 7.25. The fourth-order valence-electron chi connectivity index (χ4n) is 4.32. The van der Waals surface area contributed by atoms with Gasteiger partial charge in [0.25, 0.3) is 0 Å². The molecule has 198 valence electrons. The maximum absolute atomic E-state index is 12.1. The Balaban J connectivity index is 1.53. The quantitative estimate of drug-likeness (QED) is 0.513. The molecule has 1 aliphatic heterocycles. The number of hydrogen-bond acceptors (Lipinski definition) is 8. The van der Waals surface area contributed by atoms with Crippen LogP contribution in [0.5, 0.6) is 5.75 Å². The van der Waals surface area contributed by atoms with E-state index in [1.165, 1.54) is 4.90 Å². The summed E-state index contributed by atoms with van der Waals surface area (Å²) in [4.78, 5) is 32.6. The van der Waals surface area contributed by atoms with Crippen LogP contribution in [0, 0.1) is 0 Å². The molecule has 11 heteroatoms. The zero-order chi connectivity index (χ0) is 26.7. The number of nitrogens with one attached hydrogen (secondary N) is 2. The van der Waals surface area contributed by atoms with Crippen LogP contribution < -0.4 is 20.3 Å². The maximum atomic E-state index is 12.1. The Morgan fingerprint density at radius 2 is 1.89 bits per heavy atom. The second-order valence-electron chi connectivity index (χ2n) is 9.99. The third kappa shape index (κ3) is 5.87. The van der Waals surface area contributed by atoms with E-state index < -0.39 is 6.09 Å². The SMILES string of the molecule is CNc1cnn2cc(OC(=O)N(C)C)cc(-c3ccc(N4CCC(C)(NC(=O)OC(C)C)CC4)nc3)c12. The number of nitrogens with zero attached hydrogens (tertiary/aromatic N) is 5. The van der Waals surface area contributed by atoms with Crippen LogP contribution in [0.3, 0.4) is 0 Å². The molecule has 2 amide bonds. The Bertz CT molecular complexity index is 1260. The van der Waals surface area contributed by atoms with Crippen molar-refractivity contribution in [2.75, 3.05) is 44.4 Å². The first-order chi connectivity index (χ1) is 17.6. The average Bonchev–Trinajstić information content (AvgIpc) is 3.26. The van der Waals surface area contributed by atoms with Gasteiger partial charge in [-0.05, 0) is 51.8 Å². The summed E-state index contributed by atoms with van der Waals surface area (Å²) in [5.41, 5.74) is 3.10. The first-order valence-electron chi connectivity index (χ1n) is 12.4. The molecule has 0 atom stereocenters. The van der Waals surface area contributed by atoms with Crippen molar-refractivity contribution in [1.82, 2.24) is 24.8 Å². The van der Waals surface area contributed by atoms with Gasteiger partial charge in [-0.25, -0.2) is 19.1 Å². The topological polar surface area (TPSA) is 113 Å². The second kappa shape index (κ2) is 10.5. The fraction of sp³-hybridized carbons (Fsp3) is 0.462. The largest absolute Gasteiger partial charge is 0.447 e. The predicted octanol–water partition coefficient (Wildman–Crippen LogP) is 3.99. The molecular formula is C26H35N7O4. The highest BCUT2D eigenvalue weighted by Gasteiger charge is 2.32. The summed E-state index contributed by atoms with van der Waals surface area (Å²) >= 11 is 0. The van der Waals surface area contributed by atoms with Gasteiger partial charge >= 0.3 is 12.2 Å². The maximum Gasteiger partial charge on any atom is 0.414 e. The first kappa shape index (κ1) is 26.1. The molecule has 1 saturated heterocycles. The number of amides is 2. The van der Waals surface area contributed by atoms with Crippen molar-refractivity contribution in [3.05, 3.63) is 36.8 Å². The minimum absolute atomic E-state index is 0.153. The highest BCUT2D eigenvalue weighted by Crippen LogP contribution is 2.34. The Morgan fingerprint density at radius 3 is 2.49 bits per heavy atom. The molecule has 3 aromatic rings. The number of anilines is 2. The van der Waals surface area contributed by atoms with Gasteiger partial charge in [0.05, 0.1) is 29.7 Å². The molecule has 11 nitrogen and oxygen atoms in total. The lowest BCUT2D eigenvalue weighted by Gasteiger charge is -2.40. The number of ether oxygens (including phenoxy) is 2. The molecule has 0 saturated carbocycles. The summed E-state index contributed by atoms with van der Waals surface area (Å²) in [5, 5.41) is 10.6. The zero-order valence-electron chi connectivity index (χ0n) is 22.2. The minimum atomic E-state index is -0.469. The number of carbonyl (C=O) groups is 2. The molecule has 0 bridgehead atoms. The smallest absolute Gasteiger partial charge is 0.414 e. The Hall–Kier alpha value is -4.02. The van der Waals surface area contributed by atoms with Gasteiger partial charge in [-0.15, -0.1) is 0 Å². The van der Waals surface area contributed by atoms with Gasteiger partial charge in [-0.2, -0.15) is 5.10 Å². The highest BCUT2D eigenvalue weighted by molar-refractivity contribution is 5.90. The summed E-state index contributed by atoms with van der Waals surface area (Å²) in [6.07, 6.45) is 5.80. The molecule has 0 spiro atoms. The molecule has 0 aromatic carbocycles. The monoisotopic (exact) mass is 509 g/mol. The van der Waals surface area contributed by atoms with Crippen LogP contribution in [-0.4, -0.2) is 77.6 Å².